The van der Waals surface area contributed by atoms with Crippen LogP contribution in [0.1, 0.15) is 24.6 Å². The smallest absolute Gasteiger partial charge is 0.254 e. The van der Waals surface area contributed by atoms with Crippen molar-refractivity contribution in [2.45, 2.75) is 26.2 Å². The number of hydrogen-bond acceptors (Lipinski definition) is 5. The van der Waals surface area contributed by atoms with Crippen LogP contribution in [0.2, 0.25) is 0 Å². The molecule has 1 N–H and O–H groups in total. The summed E-state index contributed by atoms with van der Waals surface area (Å²) in [5.41, 5.74) is 2.51. The van der Waals surface area contributed by atoms with Crippen molar-refractivity contribution in [1.29, 1.82) is 0 Å². The van der Waals surface area contributed by atoms with E-state index in [9.17, 15) is 0 Å². The molecule has 2 aromatic rings. The highest BCUT2D eigenvalue weighted by molar-refractivity contribution is 5.53. The van der Waals surface area contributed by atoms with Gasteiger partial charge in [0.15, 0.2) is 0 Å². The molecule has 3 rings (SSSR count). The summed E-state index contributed by atoms with van der Waals surface area (Å²) in [5, 5.41) is 7.84. The van der Waals surface area contributed by atoms with Crippen LogP contribution in [-0.4, -0.2) is 51.7 Å². The van der Waals surface area contributed by atoms with Crippen molar-refractivity contribution in [2.75, 3.05) is 32.5 Å². The summed E-state index contributed by atoms with van der Waals surface area (Å²) in [4.78, 5) is 11.1. The van der Waals surface area contributed by atoms with Gasteiger partial charge in [-0.1, -0.05) is 6.92 Å². The topological polar surface area (TPSA) is 58.4 Å². The summed E-state index contributed by atoms with van der Waals surface area (Å²) in [7, 11) is 4.16. The third-order valence-electron chi connectivity index (χ3n) is 3.89. The molecule has 0 aliphatic heterocycles. The van der Waals surface area contributed by atoms with E-state index in [1.807, 2.05) is 4.52 Å². The Labute approximate surface area is 119 Å². The number of rotatable bonds is 4. The summed E-state index contributed by atoms with van der Waals surface area (Å²) in [5.74, 6) is 2.48. The van der Waals surface area contributed by atoms with Gasteiger partial charge in [-0.15, -0.1) is 0 Å². The third kappa shape index (κ3) is 2.47. The number of aromatic nitrogens is 4. The minimum absolute atomic E-state index is 0.699. The highest BCUT2D eigenvalue weighted by Gasteiger charge is 2.22. The second-order valence-electron chi connectivity index (χ2n) is 5.94. The second-order valence-corrected chi connectivity index (χ2v) is 5.94. The minimum Gasteiger partial charge on any atom is -0.368 e. The monoisotopic (exact) mass is 274 g/mol. The largest absolute Gasteiger partial charge is 0.368 e. The molecule has 6 heteroatoms. The zero-order valence-corrected chi connectivity index (χ0v) is 12.4. The Hall–Kier alpha value is -1.69. The normalized spacial score (nSPS) is 18.5. The molecule has 1 atom stereocenters. The zero-order valence-electron chi connectivity index (χ0n) is 12.4. The molecule has 0 unspecified atom stereocenters. The standard InChI is InChI=1S/C14H22N6/c1-10-4-5-11-12(8-10)18-14-16-9-17-20(14)13(11)15-6-7-19(2)3/h9-10,15H,4-8H2,1-3H3/t10-/m1/s1. The van der Waals surface area contributed by atoms with Gasteiger partial charge < -0.3 is 10.2 Å². The van der Waals surface area contributed by atoms with Crippen molar-refractivity contribution >= 4 is 11.6 Å². The van der Waals surface area contributed by atoms with Gasteiger partial charge in [0, 0.05) is 18.7 Å². The summed E-state index contributed by atoms with van der Waals surface area (Å²) < 4.78 is 1.84. The van der Waals surface area contributed by atoms with Gasteiger partial charge in [-0.2, -0.15) is 14.6 Å². The quantitative estimate of drug-likeness (QED) is 0.908. The molecule has 108 valence electrons. The van der Waals surface area contributed by atoms with Crippen molar-refractivity contribution in [2.24, 2.45) is 5.92 Å². The third-order valence-corrected chi connectivity index (χ3v) is 3.89. The van der Waals surface area contributed by atoms with Gasteiger partial charge in [-0.25, -0.2) is 4.98 Å². The maximum absolute atomic E-state index is 4.67. The van der Waals surface area contributed by atoms with E-state index in [0.29, 0.717) is 11.7 Å². The molecule has 20 heavy (non-hydrogen) atoms. The molecular weight excluding hydrogens is 252 g/mol. The van der Waals surface area contributed by atoms with E-state index in [4.69, 9.17) is 0 Å². The number of likely N-dealkylation sites (N-methyl/N-ethyl adjacent to an activating group) is 1. The highest BCUT2D eigenvalue weighted by Crippen LogP contribution is 2.29. The lowest BCUT2D eigenvalue weighted by Gasteiger charge is -2.24. The van der Waals surface area contributed by atoms with Crippen LogP contribution in [0.15, 0.2) is 6.33 Å². The van der Waals surface area contributed by atoms with Gasteiger partial charge in [0.25, 0.3) is 5.78 Å². The van der Waals surface area contributed by atoms with Crippen LogP contribution in [0, 0.1) is 5.92 Å². The number of fused-ring (bicyclic) bond motifs is 2. The van der Waals surface area contributed by atoms with Gasteiger partial charge in [-0.05, 0) is 39.3 Å². The Morgan fingerprint density at radius 1 is 1.45 bits per heavy atom. The van der Waals surface area contributed by atoms with Crippen LogP contribution in [0.5, 0.6) is 0 Å². The summed E-state index contributed by atoms with van der Waals surface area (Å²) in [6.45, 7) is 4.18. The van der Waals surface area contributed by atoms with Gasteiger partial charge >= 0.3 is 0 Å². The van der Waals surface area contributed by atoms with E-state index < -0.39 is 0 Å². The Balaban J connectivity index is 1.97. The molecule has 2 heterocycles. The molecule has 0 amide bonds. The highest BCUT2D eigenvalue weighted by atomic mass is 15.4. The number of nitrogens with one attached hydrogen (secondary N) is 1. The zero-order chi connectivity index (χ0) is 14.1. The number of nitrogens with zero attached hydrogens (tertiary/aromatic N) is 5. The van der Waals surface area contributed by atoms with E-state index in [2.05, 4.69) is 46.3 Å². The van der Waals surface area contributed by atoms with Crippen LogP contribution in [-0.2, 0) is 12.8 Å². The molecule has 2 aromatic heterocycles. The van der Waals surface area contributed by atoms with E-state index in [0.717, 1.165) is 31.7 Å². The maximum Gasteiger partial charge on any atom is 0.254 e. The lowest BCUT2D eigenvalue weighted by molar-refractivity contribution is 0.424. The minimum atomic E-state index is 0.699. The molecule has 0 bridgehead atoms. The lowest BCUT2D eigenvalue weighted by Crippen LogP contribution is -2.24. The van der Waals surface area contributed by atoms with Crippen LogP contribution < -0.4 is 5.32 Å². The lowest BCUT2D eigenvalue weighted by atomic mass is 9.88. The van der Waals surface area contributed by atoms with Crippen LogP contribution in [0.4, 0.5) is 5.82 Å². The van der Waals surface area contributed by atoms with Crippen LogP contribution in [0.25, 0.3) is 5.78 Å². The molecule has 1 aliphatic rings. The molecule has 0 radical (unpaired) electrons. The van der Waals surface area contributed by atoms with Crippen molar-refractivity contribution in [3.63, 3.8) is 0 Å². The van der Waals surface area contributed by atoms with E-state index in [-0.39, 0.29) is 0 Å². The molecule has 0 spiro atoms. The summed E-state index contributed by atoms with van der Waals surface area (Å²) in [6, 6.07) is 0. The Morgan fingerprint density at radius 2 is 2.30 bits per heavy atom. The molecular formula is C14H22N6. The molecule has 0 fully saturated rings. The van der Waals surface area contributed by atoms with Gasteiger partial charge in [0.1, 0.15) is 12.1 Å². The first-order valence-electron chi connectivity index (χ1n) is 7.25. The van der Waals surface area contributed by atoms with Gasteiger partial charge in [0.05, 0.1) is 5.69 Å². The summed E-state index contributed by atoms with van der Waals surface area (Å²) in [6.07, 6.45) is 4.91. The first-order chi connectivity index (χ1) is 9.65. The number of anilines is 1. The van der Waals surface area contributed by atoms with Crippen molar-refractivity contribution in [3.8, 4) is 0 Å². The molecule has 0 saturated heterocycles. The first-order valence-corrected chi connectivity index (χ1v) is 7.25. The van der Waals surface area contributed by atoms with Crippen molar-refractivity contribution in [3.05, 3.63) is 17.6 Å². The molecule has 0 saturated carbocycles. The van der Waals surface area contributed by atoms with E-state index >= 15 is 0 Å². The fraction of sp³-hybridized carbons (Fsp3) is 0.643. The average molecular weight is 274 g/mol. The molecule has 6 nitrogen and oxygen atoms in total. The average Bonchev–Trinajstić information content (AvgIpc) is 2.85. The predicted molar refractivity (Wildman–Crippen MR) is 79.0 cm³/mol. The van der Waals surface area contributed by atoms with Crippen molar-refractivity contribution in [1.82, 2.24) is 24.5 Å². The van der Waals surface area contributed by atoms with E-state index in [1.54, 1.807) is 6.33 Å². The maximum atomic E-state index is 4.67. The first kappa shape index (κ1) is 13.3. The Kier molecular flexibility index (Phi) is 3.56. The van der Waals surface area contributed by atoms with Crippen LogP contribution in [0.3, 0.4) is 0 Å². The van der Waals surface area contributed by atoms with E-state index in [1.165, 1.54) is 17.7 Å². The number of hydrogen-bond donors (Lipinski definition) is 1. The molecule has 1 aliphatic carbocycles. The SMILES string of the molecule is C[C@@H]1CCc2c(nc3ncnn3c2NCCN(C)C)C1. The fourth-order valence-electron chi connectivity index (χ4n) is 2.76. The summed E-state index contributed by atoms with van der Waals surface area (Å²) >= 11 is 0. The Bertz CT molecular complexity index is 603. The van der Waals surface area contributed by atoms with Crippen LogP contribution >= 0.6 is 0 Å². The predicted octanol–water partition coefficient (Wildman–Crippen LogP) is 1.22. The second kappa shape index (κ2) is 5.36. The molecule has 0 aromatic carbocycles. The fourth-order valence-corrected chi connectivity index (χ4v) is 2.76. The van der Waals surface area contributed by atoms with Gasteiger partial charge in [-0.3, -0.25) is 0 Å². The Morgan fingerprint density at radius 3 is 3.10 bits per heavy atom. The van der Waals surface area contributed by atoms with Gasteiger partial charge in [0.2, 0.25) is 0 Å². The van der Waals surface area contributed by atoms with Crippen molar-refractivity contribution < 1.29 is 0 Å².